The van der Waals surface area contributed by atoms with Gasteiger partial charge in [-0.3, -0.25) is 4.79 Å². The molecule has 0 atom stereocenters. The van der Waals surface area contributed by atoms with Crippen LogP contribution in [-0.2, 0) is 0 Å². The molecule has 0 bridgehead atoms. The van der Waals surface area contributed by atoms with Crippen molar-refractivity contribution >= 4 is 17.4 Å². The van der Waals surface area contributed by atoms with E-state index in [0.717, 1.165) is 0 Å². The van der Waals surface area contributed by atoms with E-state index in [9.17, 15) is 9.90 Å². The fourth-order valence-electron chi connectivity index (χ4n) is 1.14. The third-order valence-corrected chi connectivity index (χ3v) is 1.92. The second kappa shape index (κ2) is 4.33. The second-order valence-electron chi connectivity index (χ2n) is 2.79. The lowest BCUT2D eigenvalue weighted by molar-refractivity contribution is 0.101. The molecule has 1 aromatic carbocycles. The van der Waals surface area contributed by atoms with Crippen molar-refractivity contribution in [3.05, 3.63) is 22.7 Å². The number of halogens is 1. The van der Waals surface area contributed by atoms with Gasteiger partial charge in [0, 0.05) is 11.1 Å². The number of phenolic OH excluding ortho intramolecular Hbond substituents is 1. The molecule has 4 heteroatoms. The van der Waals surface area contributed by atoms with E-state index in [1.807, 2.05) is 0 Å². The van der Waals surface area contributed by atoms with Gasteiger partial charge in [-0.1, -0.05) is 11.6 Å². The molecule has 0 unspecified atom stereocenters. The molecule has 0 saturated heterocycles. The van der Waals surface area contributed by atoms with Crippen molar-refractivity contribution in [2.24, 2.45) is 0 Å². The van der Waals surface area contributed by atoms with Gasteiger partial charge in [-0.15, -0.1) is 0 Å². The van der Waals surface area contributed by atoms with E-state index >= 15 is 0 Å². The summed E-state index contributed by atoms with van der Waals surface area (Å²) < 4.78 is 5.15. The lowest BCUT2D eigenvalue weighted by atomic mass is 10.1. The molecule has 1 N–H and O–H groups in total. The molecule has 0 spiro atoms. The number of ether oxygens (including phenoxy) is 1. The number of rotatable bonds is 3. The number of benzene rings is 1. The predicted octanol–water partition coefficient (Wildman–Crippen LogP) is 2.65. The molecule has 0 heterocycles. The van der Waals surface area contributed by atoms with Crippen LogP contribution in [0.4, 0.5) is 0 Å². The van der Waals surface area contributed by atoms with Gasteiger partial charge in [0.2, 0.25) is 0 Å². The lowest BCUT2D eigenvalue weighted by Crippen LogP contribution is -2.00. The molecule has 76 valence electrons. The molecule has 0 aliphatic heterocycles. The summed E-state index contributed by atoms with van der Waals surface area (Å²) in [5.41, 5.74) is 0.303. The quantitative estimate of drug-likeness (QED) is 0.787. The Bertz CT molecular complexity index is 361. The Hall–Kier alpha value is -1.22. The normalized spacial score (nSPS) is 9.93. The van der Waals surface area contributed by atoms with Crippen molar-refractivity contribution in [1.29, 1.82) is 0 Å². The predicted molar refractivity (Wildman–Crippen MR) is 54.3 cm³/mol. The van der Waals surface area contributed by atoms with Crippen LogP contribution >= 0.6 is 11.6 Å². The van der Waals surface area contributed by atoms with Crippen molar-refractivity contribution in [3.63, 3.8) is 0 Å². The number of carbonyl (C=O) groups is 1. The van der Waals surface area contributed by atoms with Crippen molar-refractivity contribution in [1.82, 2.24) is 0 Å². The fourth-order valence-corrected chi connectivity index (χ4v) is 1.35. The molecule has 3 nitrogen and oxygen atoms in total. The van der Waals surface area contributed by atoms with Crippen molar-refractivity contribution in [2.45, 2.75) is 13.8 Å². The number of Topliss-reactive ketones (excluding diaryl/α,β-unsaturated/α-hetero) is 1. The van der Waals surface area contributed by atoms with Crippen LogP contribution in [0.15, 0.2) is 12.1 Å². The highest BCUT2D eigenvalue weighted by Crippen LogP contribution is 2.33. The van der Waals surface area contributed by atoms with Gasteiger partial charge in [0.25, 0.3) is 0 Å². The summed E-state index contributed by atoms with van der Waals surface area (Å²) in [4.78, 5) is 11.2. The van der Waals surface area contributed by atoms with E-state index in [-0.39, 0.29) is 17.3 Å². The van der Waals surface area contributed by atoms with Gasteiger partial charge in [-0.05, 0) is 19.9 Å². The summed E-state index contributed by atoms with van der Waals surface area (Å²) in [6.45, 7) is 3.56. The zero-order valence-electron chi connectivity index (χ0n) is 8.00. The van der Waals surface area contributed by atoms with Crippen molar-refractivity contribution in [2.75, 3.05) is 6.61 Å². The van der Waals surface area contributed by atoms with Crippen LogP contribution in [0.1, 0.15) is 24.2 Å². The Morgan fingerprint density at radius 2 is 2.21 bits per heavy atom. The summed E-state index contributed by atoms with van der Waals surface area (Å²) in [6.07, 6.45) is 0. The minimum atomic E-state index is -0.189. The molecule has 0 aromatic heterocycles. The largest absolute Gasteiger partial charge is 0.504 e. The summed E-state index contributed by atoms with van der Waals surface area (Å²) in [5.74, 6) is -0.0970. The van der Waals surface area contributed by atoms with Gasteiger partial charge >= 0.3 is 0 Å². The summed E-state index contributed by atoms with van der Waals surface area (Å²) in [7, 11) is 0. The minimum Gasteiger partial charge on any atom is -0.504 e. The molecule has 0 aliphatic carbocycles. The highest BCUT2D eigenvalue weighted by Gasteiger charge is 2.14. The van der Waals surface area contributed by atoms with E-state index in [1.54, 1.807) is 6.92 Å². The maximum atomic E-state index is 11.2. The number of aromatic hydroxyl groups is 1. The Morgan fingerprint density at radius 1 is 1.57 bits per heavy atom. The maximum absolute atomic E-state index is 11.2. The van der Waals surface area contributed by atoms with Crippen molar-refractivity contribution < 1.29 is 14.6 Å². The molecule has 0 amide bonds. The van der Waals surface area contributed by atoms with Gasteiger partial charge in [0.1, 0.15) is 0 Å². The van der Waals surface area contributed by atoms with Gasteiger partial charge in [-0.25, -0.2) is 0 Å². The molecule has 0 saturated carbocycles. The third-order valence-electron chi connectivity index (χ3n) is 1.70. The highest BCUT2D eigenvalue weighted by atomic mass is 35.5. The highest BCUT2D eigenvalue weighted by molar-refractivity contribution is 6.31. The van der Waals surface area contributed by atoms with Crippen molar-refractivity contribution in [3.8, 4) is 11.5 Å². The first-order chi connectivity index (χ1) is 6.56. The van der Waals surface area contributed by atoms with Crippen LogP contribution in [0.3, 0.4) is 0 Å². The number of hydrogen-bond donors (Lipinski definition) is 1. The summed E-state index contributed by atoms with van der Waals surface area (Å²) in [5, 5.41) is 9.81. The van der Waals surface area contributed by atoms with Crippen LogP contribution < -0.4 is 4.74 Å². The van der Waals surface area contributed by atoms with Crippen LogP contribution in [0.25, 0.3) is 0 Å². The van der Waals surface area contributed by atoms with E-state index in [4.69, 9.17) is 16.3 Å². The zero-order chi connectivity index (χ0) is 10.7. The van der Waals surface area contributed by atoms with Gasteiger partial charge in [0.15, 0.2) is 17.3 Å². The first kappa shape index (κ1) is 10.9. The maximum Gasteiger partial charge on any atom is 0.171 e. The van der Waals surface area contributed by atoms with E-state index in [2.05, 4.69) is 0 Å². The molecule has 0 fully saturated rings. The lowest BCUT2D eigenvalue weighted by Gasteiger charge is -2.10. The van der Waals surface area contributed by atoms with Crippen LogP contribution in [0, 0.1) is 0 Å². The molecule has 14 heavy (non-hydrogen) atoms. The first-order valence-corrected chi connectivity index (χ1v) is 4.60. The summed E-state index contributed by atoms with van der Waals surface area (Å²) in [6, 6.07) is 2.83. The number of ketones is 1. The zero-order valence-corrected chi connectivity index (χ0v) is 8.76. The number of hydrogen-bond acceptors (Lipinski definition) is 3. The Balaban J connectivity index is 3.28. The molecule has 0 radical (unpaired) electrons. The van der Waals surface area contributed by atoms with Gasteiger partial charge in [0.05, 0.1) is 12.2 Å². The van der Waals surface area contributed by atoms with Gasteiger partial charge < -0.3 is 9.84 Å². The minimum absolute atomic E-state index is 0.107. The summed E-state index contributed by atoms with van der Waals surface area (Å²) >= 11 is 5.70. The third kappa shape index (κ3) is 2.17. The van der Waals surface area contributed by atoms with Crippen LogP contribution in [0.2, 0.25) is 5.02 Å². The fraction of sp³-hybridized carbons (Fsp3) is 0.300. The van der Waals surface area contributed by atoms with Crippen LogP contribution in [0.5, 0.6) is 11.5 Å². The Labute approximate surface area is 87.3 Å². The Morgan fingerprint density at radius 3 is 2.71 bits per heavy atom. The number of phenols is 1. The van der Waals surface area contributed by atoms with Gasteiger partial charge in [-0.2, -0.15) is 0 Å². The molecule has 1 rings (SSSR count). The molecule has 0 aliphatic rings. The number of carbonyl (C=O) groups excluding carboxylic acids is 1. The first-order valence-electron chi connectivity index (χ1n) is 4.22. The molecule has 1 aromatic rings. The second-order valence-corrected chi connectivity index (χ2v) is 3.23. The molecular formula is C10H11ClO3. The molecular weight excluding hydrogens is 204 g/mol. The monoisotopic (exact) mass is 214 g/mol. The van der Waals surface area contributed by atoms with E-state index in [1.165, 1.54) is 19.1 Å². The average molecular weight is 215 g/mol. The smallest absolute Gasteiger partial charge is 0.171 e. The van der Waals surface area contributed by atoms with E-state index < -0.39 is 0 Å². The average Bonchev–Trinajstić information content (AvgIpc) is 2.09. The Kier molecular flexibility index (Phi) is 3.36. The van der Waals surface area contributed by atoms with Crippen LogP contribution in [-0.4, -0.2) is 17.5 Å². The van der Waals surface area contributed by atoms with E-state index in [0.29, 0.717) is 17.2 Å². The standard InChI is InChI=1S/C10H11ClO3/c1-3-14-10-8(6(2)12)4-7(11)5-9(10)13/h4-5,13H,3H2,1-2H3. The SMILES string of the molecule is CCOc1c(O)cc(Cl)cc1C(C)=O. The topological polar surface area (TPSA) is 46.5 Å².